The molecule has 5 nitrogen and oxygen atoms in total. The molecule has 1 aromatic heterocycles. The summed E-state index contributed by atoms with van der Waals surface area (Å²) in [4.78, 5) is 16.3. The quantitative estimate of drug-likeness (QED) is 0.694. The van der Waals surface area contributed by atoms with E-state index in [-0.39, 0.29) is 18.4 Å². The second kappa shape index (κ2) is 8.26. The van der Waals surface area contributed by atoms with E-state index >= 15 is 0 Å². The molecule has 0 fully saturated rings. The van der Waals surface area contributed by atoms with Crippen LogP contribution >= 0.6 is 0 Å². The maximum absolute atomic E-state index is 12.4. The minimum absolute atomic E-state index is 0.0846. The van der Waals surface area contributed by atoms with Crippen molar-refractivity contribution in [1.29, 1.82) is 0 Å². The van der Waals surface area contributed by atoms with Gasteiger partial charge in [0, 0.05) is 30.2 Å². The summed E-state index contributed by atoms with van der Waals surface area (Å²) in [5.41, 5.74) is 2.56. The first-order chi connectivity index (χ1) is 12.3. The molecule has 1 amide bonds. The van der Waals surface area contributed by atoms with Gasteiger partial charge in [-0.3, -0.25) is 4.79 Å². The van der Waals surface area contributed by atoms with Crippen molar-refractivity contribution >= 4 is 5.91 Å². The Kier molecular flexibility index (Phi) is 5.59. The van der Waals surface area contributed by atoms with Crippen molar-refractivity contribution < 1.29 is 14.3 Å². The van der Waals surface area contributed by atoms with Crippen molar-refractivity contribution in [3.8, 4) is 11.3 Å². The van der Waals surface area contributed by atoms with Crippen LogP contribution in [0.5, 0.6) is 0 Å². The third-order valence-corrected chi connectivity index (χ3v) is 4.12. The number of aliphatic hydroxyl groups is 1. The molecule has 0 spiro atoms. The number of rotatable bonds is 7. The van der Waals surface area contributed by atoms with E-state index in [1.807, 2.05) is 42.5 Å². The molecule has 2 aromatic carbocycles. The first-order valence-corrected chi connectivity index (χ1v) is 8.21. The van der Waals surface area contributed by atoms with E-state index in [4.69, 9.17) is 4.42 Å². The average Bonchev–Trinajstić information content (AvgIpc) is 3.20. The summed E-state index contributed by atoms with van der Waals surface area (Å²) in [6.45, 7) is 0.564. The smallest absolute Gasteiger partial charge is 0.251 e. The van der Waals surface area contributed by atoms with Crippen LogP contribution in [0.2, 0.25) is 0 Å². The molecule has 0 bridgehead atoms. The van der Waals surface area contributed by atoms with E-state index < -0.39 is 0 Å². The highest BCUT2D eigenvalue weighted by atomic mass is 16.3. The molecule has 3 aromatic rings. The second-order valence-corrected chi connectivity index (χ2v) is 5.77. The fourth-order valence-electron chi connectivity index (χ4n) is 2.73. The number of amides is 1. The lowest BCUT2D eigenvalue weighted by Gasteiger charge is -2.17. The molecule has 25 heavy (non-hydrogen) atoms. The Labute approximate surface area is 146 Å². The molecule has 0 aliphatic rings. The summed E-state index contributed by atoms with van der Waals surface area (Å²) in [6, 6.07) is 17.1. The summed E-state index contributed by atoms with van der Waals surface area (Å²) < 4.78 is 5.24. The van der Waals surface area contributed by atoms with Gasteiger partial charge >= 0.3 is 0 Å². The topological polar surface area (TPSA) is 75.4 Å². The predicted octanol–water partition coefficient (Wildman–Crippen LogP) is 3.24. The van der Waals surface area contributed by atoms with Crippen molar-refractivity contribution in [1.82, 2.24) is 10.3 Å². The van der Waals surface area contributed by atoms with Crippen LogP contribution in [0, 0.1) is 0 Å². The Morgan fingerprint density at radius 3 is 2.52 bits per heavy atom. The number of nitrogens with one attached hydrogen (secondary N) is 1. The van der Waals surface area contributed by atoms with Gasteiger partial charge < -0.3 is 14.8 Å². The van der Waals surface area contributed by atoms with E-state index in [9.17, 15) is 9.90 Å². The van der Waals surface area contributed by atoms with Crippen LogP contribution in [-0.4, -0.2) is 29.1 Å². The largest absolute Gasteiger partial charge is 0.444 e. The molecule has 0 aliphatic carbocycles. The number of aromatic nitrogens is 1. The molecule has 128 valence electrons. The maximum atomic E-state index is 12.4. The monoisotopic (exact) mass is 336 g/mol. The lowest BCUT2D eigenvalue weighted by Crippen LogP contribution is -2.28. The number of oxazole rings is 1. The number of hydrogen-bond acceptors (Lipinski definition) is 4. The van der Waals surface area contributed by atoms with Gasteiger partial charge in [0.1, 0.15) is 0 Å². The van der Waals surface area contributed by atoms with Gasteiger partial charge in [-0.25, -0.2) is 4.98 Å². The highest BCUT2D eigenvalue weighted by molar-refractivity contribution is 5.94. The molecule has 2 N–H and O–H groups in total. The highest BCUT2D eigenvalue weighted by Crippen LogP contribution is 2.20. The van der Waals surface area contributed by atoms with E-state index in [0.717, 1.165) is 11.1 Å². The lowest BCUT2D eigenvalue weighted by atomic mass is 9.96. The first kappa shape index (κ1) is 16.9. The predicted molar refractivity (Wildman–Crippen MR) is 95.2 cm³/mol. The number of benzene rings is 2. The van der Waals surface area contributed by atoms with Crippen LogP contribution in [0.15, 0.2) is 71.6 Å². The summed E-state index contributed by atoms with van der Waals surface area (Å²) in [5.74, 6) is 0.616. The Bertz CT molecular complexity index is 784. The van der Waals surface area contributed by atoms with Crippen molar-refractivity contribution in [3.05, 3.63) is 78.3 Å². The third-order valence-electron chi connectivity index (χ3n) is 4.12. The van der Waals surface area contributed by atoms with E-state index in [0.29, 0.717) is 24.3 Å². The first-order valence-electron chi connectivity index (χ1n) is 8.21. The van der Waals surface area contributed by atoms with Gasteiger partial charge in [-0.15, -0.1) is 0 Å². The standard InChI is InChI=1S/C20H20N2O3/c23-11-10-18(15-4-2-1-3-5-15)12-22-20(24)17-8-6-16(7-9-17)19-13-21-14-25-19/h1-9,13-14,18,23H,10-12H2,(H,22,24). The van der Waals surface area contributed by atoms with Gasteiger partial charge in [0.2, 0.25) is 0 Å². The molecule has 1 unspecified atom stereocenters. The minimum atomic E-state index is -0.136. The summed E-state index contributed by atoms with van der Waals surface area (Å²) in [5, 5.41) is 12.2. The Hall–Kier alpha value is -2.92. The number of aliphatic hydroxyl groups excluding tert-OH is 1. The fraction of sp³-hybridized carbons (Fsp3) is 0.200. The third kappa shape index (κ3) is 4.33. The summed E-state index contributed by atoms with van der Waals surface area (Å²) in [6.07, 6.45) is 3.62. The van der Waals surface area contributed by atoms with Crippen molar-refractivity contribution in [2.45, 2.75) is 12.3 Å². The average molecular weight is 336 g/mol. The zero-order chi connectivity index (χ0) is 17.5. The molecule has 1 atom stereocenters. The van der Waals surface area contributed by atoms with Crippen molar-refractivity contribution in [2.75, 3.05) is 13.2 Å². The Balaban J connectivity index is 1.63. The Morgan fingerprint density at radius 2 is 1.88 bits per heavy atom. The van der Waals surface area contributed by atoms with Crippen molar-refractivity contribution in [2.24, 2.45) is 0 Å². The van der Waals surface area contributed by atoms with Gasteiger partial charge in [-0.1, -0.05) is 42.5 Å². The van der Waals surface area contributed by atoms with E-state index in [1.165, 1.54) is 6.39 Å². The van der Waals surface area contributed by atoms with E-state index in [2.05, 4.69) is 10.3 Å². The number of nitrogens with zero attached hydrogens (tertiary/aromatic N) is 1. The molecule has 3 rings (SSSR count). The molecule has 0 radical (unpaired) electrons. The van der Waals surface area contributed by atoms with Crippen LogP contribution in [0.1, 0.15) is 28.3 Å². The van der Waals surface area contributed by atoms with Crippen LogP contribution in [0.25, 0.3) is 11.3 Å². The van der Waals surface area contributed by atoms with Crippen LogP contribution in [0.3, 0.4) is 0 Å². The zero-order valence-electron chi connectivity index (χ0n) is 13.8. The number of hydrogen-bond donors (Lipinski definition) is 2. The maximum Gasteiger partial charge on any atom is 0.251 e. The molecule has 1 heterocycles. The van der Waals surface area contributed by atoms with Gasteiger partial charge in [-0.05, 0) is 24.1 Å². The molecule has 0 saturated carbocycles. The number of carbonyl (C=O) groups is 1. The van der Waals surface area contributed by atoms with E-state index in [1.54, 1.807) is 18.3 Å². The zero-order valence-corrected chi connectivity index (χ0v) is 13.8. The van der Waals surface area contributed by atoms with Crippen molar-refractivity contribution in [3.63, 3.8) is 0 Å². The van der Waals surface area contributed by atoms with Crippen LogP contribution in [0.4, 0.5) is 0 Å². The van der Waals surface area contributed by atoms with Gasteiger partial charge in [0.05, 0.1) is 6.20 Å². The number of carbonyl (C=O) groups excluding carboxylic acids is 1. The SMILES string of the molecule is O=C(NCC(CCO)c1ccccc1)c1ccc(-c2cnco2)cc1. The molecule has 0 saturated heterocycles. The van der Waals surface area contributed by atoms with Crippen LogP contribution < -0.4 is 5.32 Å². The highest BCUT2D eigenvalue weighted by Gasteiger charge is 2.13. The van der Waals surface area contributed by atoms with Gasteiger partial charge in [-0.2, -0.15) is 0 Å². The summed E-state index contributed by atoms with van der Waals surface area (Å²) in [7, 11) is 0. The second-order valence-electron chi connectivity index (χ2n) is 5.77. The van der Waals surface area contributed by atoms with Gasteiger partial charge in [0.15, 0.2) is 12.2 Å². The molecular weight excluding hydrogens is 316 g/mol. The van der Waals surface area contributed by atoms with Crippen LogP contribution in [-0.2, 0) is 0 Å². The fourth-order valence-corrected chi connectivity index (χ4v) is 2.73. The minimum Gasteiger partial charge on any atom is -0.444 e. The summed E-state index contributed by atoms with van der Waals surface area (Å²) >= 11 is 0. The molecule has 5 heteroatoms. The Morgan fingerprint density at radius 1 is 1.12 bits per heavy atom. The normalized spacial score (nSPS) is 11.9. The lowest BCUT2D eigenvalue weighted by molar-refractivity contribution is 0.0949. The molecule has 0 aliphatic heterocycles. The molecular formula is C20H20N2O3. The van der Waals surface area contributed by atoms with Gasteiger partial charge in [0.25, 0.3) is 5.91 Å².